The van der Waals surface area contributed by atoms with Crippen LogP contribution in [0.4, 0.5) is 0 Å². The molecule has 0 aliphatic carbocycles. The molecule has 30 heavy (non-hydrogen) atoms. The number of nitrogens with one attached hydrogen (secondary N) is 1. The summed E-state index contributed by atoms with van der Waals surface area (Å²) in [5.41, 5.74) is 0.828. The molecule has 0 aliphatic rings. The Morgan fingerprint density at radius 2 is 1.80 bits per heavy atom. The fraction of sp³-hybridized carbons (Fsp3) is 0.600. The van der Waals surface area contributed by atoms with Gasteiger partial charge in [-0.2, -0.15) is 5.10 Å². The van der Waals surface area contributed by atoms with Gasteiger partial charge in [0.15, 0.2) is 5.82 Å². The molecule has 1 atom stereocenters. The molecule has 0 saturated carbocycles. The minimum absolute atomic E-state index is 0.165. The van der Waals surface area contributed by atoms with Crippen LogP contribution in [0.3, 0.4) is 0 Å². The lowest BCUT2D eigenvalue weighted by Gasteiger charge is -2.07. The third-order valence-corrected chi connectivity index (χ3v) is 5.39. The van der Waals surface area contributed by atoms with E-state index in [1.165, 1.54) is 44.9 Å². The predicted octanol–water partition coefficient (Wildman–Crippen LogP) is 6.34. The standard InChI is InChI=1S/C25H39N3O2/c1-2-3-4-11-16-22(29)17-12-9-7-5-6-8-10-13-19-24-26-25(28-27-24)21-15-14-18-23(30)20-21/h9,12,14-15,18,20,22,29-30H,2-8,10-11,13,16-17,19H2,1H3,(H,26,27,28)/b12-9-. The lowest BCUT2D eigenvalue weighted by molar-refractivity contribution is 0.163. The Balaban J connectivity index is 1.47. The number of aliphatic hydroxyl groups is 1. The van der Waals surface area contributed by atoms with Gasteiger partial charge >= 0.3 is 0 Å². The van der Waals surface area contributed by atoms with E-state index in [4.69, 9.17) is 0 Å². The molecule has 0 fully saturated rings. The molecule has 1 unspecified atom stereocenters. The van der Waals surface area contributed by atoms with Gasteiger partial charge in [0, 0.05) is 12.0 Å². The van der Waals surface area contributed by atoms with Crippen molar-refractivity contribution in [3.8, 4) is 17.1 Å². The number of aromatic amines is 1. The molecule has 5 heteroatoms. The summed E-state index contributed by atoms with van der Waals surface area (Å²) in [6.07, 6.45) is 18.9. The summed E-state index contributed by atoms with van der Waals surface area (Å²) in [4.78, 5) is 4.52. The summed E-state index contributed by atoms with van der Waals surface area (Å²) >= 11 is 0. The highest BCUT2D eigenvalue weighted by atomic mass is 16.3. The summed E-state index contributed by atoms with van der Waals surface area (Å²) in [6.45, 7) is 2.21. The highest BCUT2D eigenvalue weighted by Crippen LogP contribution is 2.20. The van der Waals surface area contributed by atoms with Gasteiger partial charge in [0.1, 0.15) is 11.6 Å². The van der Waals surface area contributed by atoms with Gasteiger partial charge in [-0.3, -0.25) is 5.10 Å². The maximum absolute atomic E-state index is 9.95. The normalized spacial score (nSPS) is 12.6. The number of aromatic hydroxyl groups is 1. The van der Waals surface area contributed by atoms with Crippen LogP contribution in [0.25, 0.3) is 11.4 Å². The number of aromatic nitrogens is 3. The van der Waals surface area contributed by atoms with Gasteiger partial charge < -0.3 is 10.2 Å². The number of aryl methyl sites for hydroxylation is 1. The van der Waals surface area contributed by atoms with Crippen molar-refractivity contribution >= 4 is 0 Å². The van der Waals surface area contributed by atoms with E-state index in [-0.39, 0.29) is 11.9 Å². The monoisotopic (exact) mass is 413 g/mol. The van der Waals surface area contributed by atoms with E-state index in [1.54, 1.807) is 18.2 Å². The molecule has 2 aromatic rings. The molecule has 166 valence electrons. The summed E-state index contributed by atoms with van der Waals surface area (Å²) in [6, 6.07) is 7.02. The maximum atomic E-state index is 9.95. The zero-order chi connectivity index (χ0) is 21.4. The number of rotatable bonds is 16. The molecule has 0 bridgehead atoms. The van der Waals surface area contributed by atoms with Gasteiger partial charge in [-0.05, 0) is 44.2 Å². The van der Waals surface area contributed by atoms with E-state index in [1.807, 2.05) is 6.07 Å². The summed E-state index contributed by atoms with van der Waals surface area (Å²) in [5.74, 6) is 1.77. The highest BCUT2D eigenvalue weighted by molar-refractivity contribution is 5.56. The number of nitrogens with zero attached hydrogens (tertiary/aromatic N) is 2. The van der Waals surface area contributed by atoms with Crippen molar-refractivity contribution in [3.63, 3.8) is 0 Å². The van der Waals surface area contributed by atoms with E-state index in [0.717, 1.165) is 49.9 Å². The lowest BCUT2D eigenvalue weighted by atomic mass is 10.1. The summed E-state index contributed by atoms with van der Waals surface area (Å²) < 4.78 is 0. The van der Waals surface area contributed by atoms with Gasteiger partial charge in [0.25, 0.3) is 0 Å². The molecule has 0 spiro atoms. The molecule has 3 N–H and O–H groups in total. The smallest absolute Gasteiger partial charge is 0.181 e. The number of allylic oxidation sites excluding steroid dienone is 1. The largest absolute Gasteiger partial charge is 0.508 e. The molecular weight excluding hydrogens is 374 g/mol. The minimum Gasteiger partial charge on any atom is -0.508 e. The fourth-order valence-corrected chi connectivity index (χ4v) is 3.56. The van der Waals surface area contributed by atoms with Crippen molar-refractivity contribution in [1.29, 1.82) is 0 Å². The molecule has 0 aliphatic heterocycles. The van der Waals surface area contributed by atoms with Crippen LogP contribution in [-0.4, -0.2) is 31.5 Å². The van der Waals surface area contributed by atoms with Crippen LogP contribution < -0.4 is 0 Å². The van der Waals surface area contributed by atoms with Crippen LogP contribution >= 0.6 is 0 Å². The first-order valence-corrected chi connectivity index (χ1v) is 11.7. The Morgan fingerprint density at radius 3 is 2.63 bits per heavy atom. The van der Waals surface area contributed by atoms with E-state index in [0.29, 0.717) is 5.82 Å². The number of phenols is 1. The van der Waals surface area contributed by atoms with E-state index in [9.17, 15) is 10.2 Å². The zero-order valence-corrected chi connectivity index (χ0v) is 18.5. The third kappa shape index (κ3) is 10.1. The molecule has 5 nitrogen and oxygen atoms in total. The maximum Gasteiger partial charge on any atom is 0.181 e. The Kier molecular flexibility index (Phi) is 11.9. The molecule has 0 saturated heterocycles. The Labute approximate surface area is 181 Å². The second kappa shape index (κ2) is 14.8. The first-order valence-electron chi connectivity index (χ1n) is 11.7. The van der Waals surface area contributed by atoms with Crippen molar-refractivity contribution in [3.05, 3.63) is 42.2 Å². The second-order valence-electron chi connectivity index (χ2n) is 8.17. The van der Waals surface area contributed by atoms with Crippen molar-refractivity contribution in [2.45, 2.75) is 96.5 Å². The van der Waals surface area contributed by atoms with Gasteiger partial charge in [-0.1, -0.05) is 76.2 Å². The van der Waals surface area contributed by atoms with Crippen molar-refractivity contribution in [2.24, 2.45) is 0 Å². The molecule has 1 aromatic carbocycles. The predicted molar refractivity (Wildman–Crippen MR) is 123 cm³/mol. The zero-order valence-electron chi connectivity index (χ0n) is 18.5. The summed E-state index contributed by atoms with van der Waals surface area (Å²) in [5, 5.41) is 26.8. The molecule has 1 aromatic heterocycles. The van der Waals surface area contributed by atoms with Crippen LogP contribution in [0.1, 0.15) is 89.8 Å². The molecular formula is C25H39N3O2. The molecule has 2 rings (SSSR count). The van der Waals surface area contributed by atoms with Gasteiger partial charge in [-0.15, -0.1) is 0 Å². The number of unbranched alkanes of at least 4 members (excludes halogenated alkanes) is 8. The molecule has 1 heterocycles. The number of benzene rings is 1. The van der Waals surface area contributed by atoms with Crippen LogP contribution in [-0.2, 0) is 6.42 Å². The number of aliphatic hydroxyl groups excluding tert-OH is 1. The number of H-pyrrole nitrogens is 1. The van der Waals surface area contributed by atoms with Gasteiger partial charge in [0.2, 0.25) is 0 Å². The second-order valence-corrected chi connectivity index (χ2v) is 8.17. The lowest BCUT2D eigenvalue weighted by Crippen LogP contribution is -2.04. The van der Waals surface area contributed by atoms with Crippen molar-refractivity contribution < 1.29 is 10.2 Å². The van der Waals surface area contributed by atoms with Crippen LogP contribution in [0.15, 0.2) is 36.4 Å². The van der Waals surface area contributed by atoms with Crippen LogP contribution in [0.2, 0.25) is 0 Å². The number of phenolic OH excluding ortho intramolecular Hbond substituents is 1. The van der Waals surface area contributed by atoms with Crippen molar-refractivity contribution in [1.82, 2.24) is 15.2 Å². The van der Waals surface area contributed by atoms with E-state index < -0.39 is 0 Å². The number of hydrogen-bond donors (Lipinski definition) is 3. The first kappa shape index (κ1) is 24.1. The number of hydrogen-bond acceptors (Lipinski definition) is 4. The quantitative estimate of drug-likeness (QED) is 0.221. The van der Waals surface area contributed by atoms with Crippen molar-refractivity contribution in [2.75, 3.05) is 0 Å². The Morgan fingerprint density at radius 1 is 1.00 bits per heavy atom. The SMILES string of the molecule is CCCCCCC(O)C/C=C\CCCCCCCc1nc(-c2cccc(O)c2)n[nH]1. The van der Waals surface area contributed by atoms with Crippen LogP contribution in [0, 0.1) is 0 Å². The minimum atomic E-state index is -0.165. The molecule has 0 radical (unpaired) electrons. The highest BCUT2D eigenvalue weighted by Gasteiger charge is 2.06. The third-order valence-electron chi connectivity index (χ3n) is 5.39. The average molecular weight is 414 g/mol. The van der Waals surface area contributed by atoms with Crippen LogP contribution in [0.5, 0.6) is 5.75 Å². The topological polar surface area (TPSA) is 82.0 Å². The summed E-state index contributed by atoms with van der Waals surface area (Å²) in [7, 11) is 0. The Hall–Kier alpha value is -2.14. The van der Waals surface area contributed by atoms with E-state index >= 15 is 0 Å². The van der Waals surface area contributed by atoms with Gasteiger partial charge in [0.05, 0.1) is 6.10 Å². The Bertz CT molecular complexity index is 727. The van der Waals surface area contributed by atoms with E-state index in [2.05, 4.69) is 34.3 Å². The fourth-order valence-electron chi connectivity index (χ4n) is 3.56. The average Bonchev–Trinajstić information content (AvgIpc) is 3.21. The molecule has 0 amide bonds. The van der Waals surface area contributed by atoms with Gasteiger partial charge in [-0.25, -0.2) is 4.98 Å². The first-order chi connectivity index (χ1) is 14.7.